The van der Waals surface area contributed by atoms with Crippen molar-refractivity contribution < 1.29 is 64.6 Å². The molecule has 17 N–H and O–H groups in total. The molecule has 0 bridgehead atoms. The van der Waals surface area contributed by atoms with Crippen molar-refractivity contribution in [2.75, 3.05) is 19.7 Å². The summed E-state index contributed by atoms with van der Waals surface area (Å²) in [6, 6.07) is -3.45. The number of hydrogen-bond acceptors (Lipinski definition) is 17. The van der Waals surface area contributed by atoms with Gasteiger partial charge in [0.25, 0.3) is 0 Å². The minimum atomic E-state index is -1.76. The standard InChI is InChI=1S/C22H43N5O13/c23-2-1-8(29)20(36)27-7-3-6(25)18(39-22-16(34)15(33)13(31)9(4-24)37-22)17(35)19(7)40-21-14(32)11(26)12(30)10(5-28)38-21/h6-19,21-22,28-35H,1-5,23-26H2,(H,27,36)/t6-,7+,8-,9+,10+,11-,12+,13+,14+,15-,16+,17-,18+,19-,21-,22+/m0/s1. The second-order valence-corrected chi connectivity index (χ2v) is 10.3. The third kappa shape index (κ3) is 7.06. The molecule has 16 atom stereocenters. The van der Waals surface area contributed by atoms with Gasteiger partial charge < -0.3 is 88.1 Å². The fraction of sp³-hybridized carbons (Fsp3) is 0.955. The number of aliphatic hydroxyl groups is 8. The van der Waals surface area contributed by atoms with E-state index in [0.717, 1.165) is 0 Å². The normalized spacial score (nSPS) is 47.0. The number of amides is 1. The molecule has 2 heterocycles. The molecule has 18 nitrogen and oxygen atoms in total. The van der Waals surface area contributed by atoms with E-state index in [-0.39, 0.29) is 25.9 Å². The summed E-state index contributed by atoms with van der Waals surface area (Å²) in [7, 11) is 0. The Kier molecular flexibility index (Phi) is 11.9. The molecule has 18 heteroatoms. The van der Waals surface area contributed by atoms with Gasteiger partial charge in [0, 0.05) is 12.6 Å². The van der Waals surface area contributed by atoms with Gasteiger partial charge >= 0.3 is 0 Å². The lowest BCUT2D eigenvalue weighted by molar-refractivity contribution is -0.332. The fourth-order valence-corrected chi connectivity index (χ4v) is 5.07. The van der Waals surface area contributed by atoms with E-state index >= 15 is 0 Å². The molecule has 1 saturated carbocycles. The highest BCUT2D eigenvalue weighted by Gasteiger charge is 2.52. The van der Waals surface area contributed by atoms with Crippen LogP contribution in [-0.2, 0) is 23.7 Å². The monoisotopic (exact) mass is 585 g/mol. The summed E-state index contributed by atoms with van der Waals surface area (Å²) in [4.78, 5) is 12.6. The van der Waals surface area contributed by atoms with Gasteiger partial charge in [-0.3, -0.25) is 4.79 Å². The second-order valence-electron chi connectivity index (χ2n) is 10.3. The molecule has 2 saturated heterocycles. The predicted octanol–water partition coefficient (Wildman–Crippen LogP) is -8.42. The highest BCUT2D eigenvalue weighted by molar-refractivity contribution is 5.80. The van der Waals surface area contributed by atoms with Crippen LogP contribution in [0.15, 0.2) is 0 Å². The van der Waals surface area contributed by atoms with Gasteiger partial charge in [-0.1, -0.05) is 0 Å². The van der Waals surface area contributed by atoms with Gasteiger partial charge in [0.1, 0.15) is 67.1 Å². The van der Waals surface area contributed by atoms with E-state index in [9.17, 15) is 45.6 Å². The van der Waals surface area contributed by atoms with E-state index in [0.29, 0.717) is 0 Å². The van der Waals surface area contributed by atoms with Crippen LogP contribution in [0, 0.1) is 0 Å². The number of carbonyl (C=O) groups is 1. The minimum Gasteiger partial charge on any atom is -0.394 e. The average Bonchev–Trinajstić information content (AvgIpc) is 2.92. The Bertz CT molecular complexity index is 815. The second kappa shape index (κ2) is 14.3. The first kappa shape index (κ1) is 33.3. The summed E-state index contributed by atoms with van der Waals surface area (Å²) < 4.78 is 22.5. The maximum absolute atomic E-state index is 12.6. The van der Waals surface area contributed by atoms with Gasteiger partial charge in [-0.25, -0.2) is 0 Å². The van der Waals surface area contributed by atoms with E-state index in [1.165, 1.54) is 0 Å². The molecule has 3 rings (SSSR count). The first-order valence-corrected chi connectivity index (χ1v) is 13.1. The quantitative estimate of drug-likeness (QED) is 0.113. The van der Waals surface area contributed by atoms with Gasteiger partial charge in [-0.15, -0.1) is 0 Å². The molecule has 2 aliphatic heterocycles. The van der Waals surface area contributed by atoms with Gasteiger partial charge in [-0.2, -0.15) is 0 Å². The van der Waals surface area contributed by atoms with E-state index in [4.69, 9.17) is 41.9 Å². The number of rotatable bonds is 10. The zero-order chi connectivity index (χ0) is 29.9. The van der Waals surface area contributed by atoms with Crippen molar-refractivity contribution >= 4 is 5.91 Å². The third-order valence-electron chi connectivity index (χ3n) is 7.51. The van der Waals surface area contributed by atoms with E-state index < -0.39 is 110 Å². The molecule has 0 aromatic rings. The number of ether oxygens (including phenoxy) is 4. The Morgan fingerprint density at radius 2 is 1.45 bits per heavy atom. The van der Waals surface area contributed by atoms with Crippen molar-refractivity contribution in [2.24, 2.45) is 22.9 Å². The highest BCUT2D eigenvalue weighted by Crippen LogP contribution is 2.32. The number of carbonyl (C=O) groups excluding carboxylic acids is 1. The maximum Gasteiger partial charge on any atom is 0.249 e. The van der Waals surface area contributed by atoms with Crippen LogP contribution in [0.5, 0.6) is 0 Å². The summed E-state index contributed by atoms with van der Waals surface area (Å²) in [6.45, 7) is -0.898. The molecule has 1 amide bonds. The van der Waals surface area contributed by atoms with Crippen LogP contribution in [0.2, 0.25) is 0 Å². The molecular formula is C22H43N5O13. The average molecular weight is 586 g/mol. The summed E-state index contributed by atoms with van der Waals surface area (Å²) in [5.41, 5.74) is 23.1. The molecule has 0 unspecified atom stereocenters. The van der Waals surface area contributed by atoms with E-state index in [2.05, 4.69) is 5.32 Å². The van der Waals surface area contributed by atoms with E-state index in [1.807, 2.05) is 0 Å². The minimum absolute atomic E-state index is 0.0101. The molecule has 40 heavy (non-hydrogen) atoms. The van der Waals surface area contributed by atoms with E-state index in [1.54, 1.807) is 0 Å². The number of nitrogens with two attached hydrogens (primary N) is 4. The Balaban J connectivity index is 1.85. The summed E-state index contributed by atoms with van der Waals surface area (Å²) in [5, 5.41) is 84.9. The molecule has 0 aromatic carbocycles. The molecule has 234 valence electrons. The first-order valence-electron chi connectivity index (χ1n) is 13.1. The number of aliphatic hydroxyl groups excluding tert-OH is 8. The van der Waals surface area contributed by atoms with Crippen molar-refractivity contribution in [1.29, 1.82) is 0 Å². The lowest BCUT2D eigenvalue weighted by atomic mass is 9.83. The summed E-state index contributed by atoms with van der Waals surface area (Å²) >= 11 is 0. The summed E-state index contributed by atoms with van der Waals surface area (Å²) in [6.07, 6.45) is -19.8. The van der Waals surface area contributed by atoms with Gasteiger partial charge in [0.05, 0.1) is 18.7 Å². The topological polar surface area (TPSA) is 332 Å². The Morgan fingerprint density at radius 3 is 2.05 bits per heavy atom. The zero-order valence-electron chi connectivity index (χ0n) is 21.7. The number of hydrogen-bond donors (Lipinski definition) is 13. The molecular weight excluding hydrogens is 542 g/mol. The smallest absolute Gasteiger partial charge is 0.249 e. The third-order valence-corrected chi connectivity index (χ3v) is 7.51. The van der Waals surface area contributed by atoms with Crippen LogP contribution in [0.1, 0.15) is 12.8 Å². The maximum atomic E-state index is 12.6. The van der Waals surface area contributed by atoms with Crippen LogP contribution in [-0.4, -0.2) is 164 Å². The van der Waals surface area contributed by atoms with Crippen molar-refractivity contribution in [3.8, 4) is 0 Å². The Labute approximate surface area is 229 Å². The molecule has 0 spiro atoms. The zero-order valence-corrected chi connectivity index (χ0v) is 21.7. The van der Waals surface area contributed by atoms with Crippen LogP contribution < -0.4 is 28.3 Å². The lowest BCUT2D eigenvalue weighted by Crippen LogP contribution is -2.69. The molecule has 0 radical (unpaired) electrons. The van der Waals surface area contributed by atoms with Crippen LogP contribution in [0.4, 0.5) is 0 Å². The molecule has 3 aliphatic rings. The summed E-state index contributed by atoms with van der Waals surface area (Å²) in [5.74, 6) is -0.845. The van der Waals surface area contributed by atoms with Gasteiger partial charge in [-0.05, 0) is 19.4 Å². The van der Waals surface area contributed by atoms with Crippen LogP contribution >= 0.6 is 0 Å². The van der Waals surface area contributed by atoms with Crippen molar-refractivity contribution in [3.05, 3.63) is 0 Å². The van der Waals surface area contributed by atoms with Gasteiger partial charge in [0.2, 0.25) is 5.91 Å². The fourth-order valence-electron chi connectivity index (χ4n) is 5.07. The highest BCUT2D eigenvalue weighted by atomic mass is 16.7. The predicted molar refractivity (Wildman–Crippen MR) is 131 cm³/mol. The van der Waals surface area contributed by atoms with Crippen molar-refractivity contribution in [2.45, 2.75) is 111 Å². The van der Waals surface area contributed by atoms with Crippen LogP contribution in [0.25, 0.3) is 0 Å². The van der Waals surface area contributed by atoms with Crippen molar-refractivity contribution in [1.82, 2.24) is 5.32 Å². The first-order chi connectivity index (χ1) is 18.9. The van der Waals surface area contributed by atoms with Crippen molar-refractivity contribution in [3.63, 3.8) is 0 Å². The molecule has 3 fully saturated rings. The van der Waals surface area contributed by atoms with Gasteiger partial charge in [0.15, 0.2) is 12.6 Å². The Hall–Kier alpha value is -1.17. The number of nitrogens with one attached hydrogen (secondary N) is 1. The lowest BCUT2D eigenvalue weighted by Gasteiger charge is -2.49. The molecule has 0 aromatic heterocycles. The largest absolute Gasteiger partial charge is 0.394 e. The van der Waals surface area contributed by atoms with Crippen LogP contribution in [0.3, 0.4) is 0 Å². The SMILES string of the molecule is NCC[C@H](O)C(=O)N[C@@H]1C[C@H](N)[C@@H](O[C@H]2O[C@H](CN)[C@@H](O)[C@H](O)[C@H]2O)[C@H](O)[C@H]1O[C@@H]1O[C@H](CO)[C@@H](O)[C@H](N)[C@H]1O. The molecule has 1 aliphatic carbocycles. The Morgan fingerprint density at radius 1 is 0.850 bits per heavy atom.